The maximum absolute atomic E-state index is 9.21. The van der Waals surface area contributed by atoms with Gasteiger partial charge in [-0.05, 0) is 20.8 Å². The Morgan fingerprint density at radius 2 is 2.00 bits per heavy atom. The molecule has 1 aromatic heterocycles. The van der Waals surface area contributed by atoms with E-state index in [0.29, 0.717) is 25.5 Å². The maximum Gasteiger partial charge on any atom is 0.204 e. The molecule has 1 unspecified atom stereocenters. The van der Waals surface area contributed by atoms with E-state index in [1.54, 1.807) is 17.8 Å². The Hall–Kier alpha value is -0.980. The third kappa shape index (κ3) is 3.88. The third-order valence-electron chi connectivity index (χ3n) is 1.89. The summed E-state index contributed by atoms with van der Waals surface area (Å²) in [7, 11) is 0. The van der Waals surface area contributed by atoms with Gasteiger partial charge >= 0.3 is 0 Å². The first-order valence-electron chi connectivity index (χ1n) is 5.48. The summed E-state index contributed by atoms with van der Waals surface area (Å²) in [6, 6.07) is 0. The van der Waals surface area contributed by atoms with Gasteiger partial charge in [0.15, 0.2) is 0 Å². The van der Waals surface area contributed by atoms with Crippen LogP contribution >= 0.6 is 0 Å². The van der Waals surface area contributed by atoms with Crippen LogP contribution in [0.25, 0.3) is 0 Å². The molecule has 6 heteroatoms. The van der Waals surface area contributed by atoms with Gasteiger partial charge in [0.25, 0.3) is 0 Å². The maximum atomic E-state index is 9.21. The highest BCUT2D eigenvalue weighted by molar-refractivity contribution is 4.94. The van der Waals surface area contributed by atoms with Crippen LogP contribution in [0.3, 0.4) is 0 Å². The minimum atomic E-state index is -0.474. The van der Waals surface area contributed by atoms with Crippen molar-refractivity contribution in [1.82, 2.24) is 15.0 Å². The molecule has 1 atom stereocenters. The molecular weight excluding hydrogens is 210 g/mol. The summed E-state index contributed by atoms with van der Waals surface area (Å²) >= 11 is 0. The van der Waals surface area contributed by atoms with Crippen LogP contribution in [0, 0.1) is 0 Å². The SMILES string of the molecule is CCOC(OCC)c1cn(CC(C)O)nn1. The summed E-state index contributed by atoms with van der Waals surface area (Å²) in [6.45, 7) is 7.00. The first kappa shape index (κ1) is 13.1. The van der Waals surface area contributed by atoms with E-state index in [-0.39, 0.29) is 0 Å². The molecule has 0 aliphatic rings. The van der Waals surface area contributed by atoms with Gasteiger partial charge < -0.3 is 14.6 Å². The second-order valence-corrected chi connectivity index (χ2v) is 3.46. The van der Waals surface area contributed by atoms with Gasteiger partial charge in [-0.25, -0.2) is 4.68 Å². The summed E-state index contributed by atoms with van der Waals surface area (Å²) < 4.78 is 12.3. The van der Waals surface area contributed by atoms with Gasteiger partial charge in [-0.2, -0.15) is 0 Å². The number of hydrogen-bond acceptors (Lipinski definition) is 5. The summed E-state index contributed by atoms with van der Waals surface area (Å²) in [5, 5.41) is 17.1. The summed E-state index contributed by atoms with van der Waals surface area (Å²) in [6.07, 6.45) is 0.799. The Morgan fingerprint density at radius 3 is 2.50 bits per heavy atom. The molecule has 1 N–H and O–H groups in total. The van der Waals surface area contributed by atoms with E-state index in [0.717, 1.165) is 0 Å². The molecule has 1 aromatic rings. The number of ether oxygens (including phenoxy) is 2. The Labute approximate surface area is 95.2 Å². The van der Waals surface area contributed by atoms with Gasteiger partial charge in [0.2, 0.25) is 6.29 Å². The van der Waals surface area contributed by atoms with Crippen molar-refractivity contribution in [3.8, 4) is 0 Å². The zero-order valence-corrected chi connectivity index (χ0v) is 9.96. The number of nitrogens with zero attached hydrogens (tertiary/aromatic N) is 3. The molecule has 0 amide bonds. The van der Waals surface area contributed by atoms with Crippen LogP contribution in [-0.4, -0.2) is 39.4 Å². The number of aliphatic hydroxyl groups is 1. The average molecular weight is 229 g/mol. The molecule has 0 radical (unpaired) electrons. The lowest BCUT2D eigenvalue weighted by Gasteiger charge is -2.13. The standard InChI is InChI=1S/C10H19N3O3/c1-4-15-10(16-5-2)9-7-13(12-11-9)6-8(3)14/h7-8,10,14H,4-6H2,1-3H3. The normalized spacial score (nSPS) is 13.3. The van der Waals surface area contributed by atoms with Crippen molar-refractivity contribution in [3.05, 3.63) is 11.9 Å². The van der Waals surface area contributed by atoms with Crippen molar-refractivity contribution in [2.75, 3.05) is 13.2 Å². The predicted octanol–water partition coefficient (Wildman–Crippen LogP) is 0.730. The van der Waals surface area contributed by atoms with Crippen LogP contribution in [0.1, 0.15) is 32.8 Å². The van der Waals surface area contributed by atoms with Crippen LogP contribution in [0.2, 0.25) is 0 Å². The summed E-state index contributed by atoms with van der Waals surface area (Å²) in [5.74, 6) is 0. The molecule has 0 aromatic carbocycles. The fourth-order valence-electron chi connectivity index (χ4n) is 1.30. The number of rotatable bonds is 7. The lowest BCUT2D eigenvalue weighted by molar-refractivity contribution is -0.142. The van der Waals surface area contributed by atoms with Crippen molar-refractivity contribution < 1.29 is 14.6 Å². The third-order valence-corrected chi connectivity index (χ3v) is 1.89. The molecule has 0 saturated heterocycles. The van der Waals surface area contributed by atoms with Crippen LogP contribution in [-0.2, 0) is 16.0 Å². The zero-order chi connectivity index (χ0) is 12.0. The monoisotopic (exact) mass is 229 g/mol. The van der Waals surface area contributed by atoms with E-state index in [2.05, 4.69) is 10.3 Å². The van der Waals surface area contributed by atoms with E-state index >= 15 is 0 Å². The lowest BCUT2D eigenvalue weighted by atomic mass is 10.4. The molecule has 0 aliphatic carbocycles. The lowest BCUT2D eigenvalue weighted by Crippen LogP contribution is -2.12. The smallest absolute Gasteiger partial charge is 0.204 e. The number of aliphatic hydroxyl groups excluding tert-OH is 1. The van der Waals surface area contributed by atoms with Crippen LogP contribution in [0.4, 0.5) is 0 Å². The highest BCUT2D eigenvalue weighted by Crippen LogP contribution is 2.15. The second-order valence-electron chi connectivity index (χ2n) is 3.46. The minimum Gasteiger partial charge on any atom is -0.391 e. The van der Waals surface area contributed by atoms with E-state index < -0.39 is 12.4 Å². The quantitative estimate of drug-likeness (QED) is 0.698. The van der Waals surface area contributed by atoms with Crippen molar-refractivity contribution in [2.24, 2.45) is 0 Å². The first-order chi connectivity index (χ1) is 7.67. The highest BCUT2D eigenvalue weighted by Gasteiger charge is 2.15. The molecule has 6 nitrogen and oxygen atoms in total. The largest absolute Gasteiger partial charge is 0.391 e. The Balaban J connectivity index is 2.65. The van der Waals surface area contributed by atoms with Crippen molar-refractivity contribution >= 4 is 0 Å². The molecule has 1 rings (SSSR count). The highest BCUT2D eigenvalue weighted by atomic mass is 16.7. The van der Waals surface area contributed by atoms with Gasteiger partial charge in [-0.15, -0.1) is 5.10 Å². The van der Waals surface area contributed by atoms with Gasteiger partial charge in [-0.1, -0.05) is 5.21 Å². The van der Waals surface area contributed by atoms with E-state index in [9.17, 15) is 5.11 Å². The molecule has 92 valence electrons. The molecule has 0 fully saturated rings. The zero-order valence-electron chi connectivity index (χ0n) is 9.96. The molecule has 0 bridgehead atoms. The van der Waals surface area contributed by atoms with E-state index in [4.69, 9.17) is 9.47 Å². The fourth-order valence-corrected chi connectivity index (χ4v) is 1.30. The van der Waals surface area contributed by atoms with Crippen molar-refractivity contribution in [1.29, 1.82) is 0 Å². The molecular formula is C10H19N3O3. The van der Waals surface area contributed by atoms with Crippen molar-refractivity contribution in [3.63, 3.8) is 0 Å². The Morgan fingerprint density at radius 1 is 1.38 bits per heavy atom. The van der Waals surface area contributed by atoms with Crippen LogP contribution in [0.15, 0.2) is 6.20 Å². The van der Waals surface area contributed by atoms with E-state index in [1.807, 2.05) is 13.8 Å². The van der Waals surface area contributed by atoms with E-state index in [1.165, 1.54) is 0 Å². The Kier molecular flexibility index (Phi) is 5.37. The molecule has 0 spiro atoms. The predicted molar refractivity (Wildman–Crippen MR) is 57.7 cm³/mol. The molecule has 0 aliphatic heterocycles. The van der Waals surface area contributed by atoms with Gasteiger partial charge in [0.1, 0.15) is 5.69 Å². The van der Waals surface area contributed by atoms with Gasteiger partial charge in [0.05, 0.1) is 18.8 Å². The van der Waals surface area contributed by atoms with Crippen molar-refractivity contribution in [2.45, 2.75) is 39.7 Å². The average Bonchev–Trinajstić information content (AvgIpc) is 2.65. The van der Waals surface area contributed by atoms with Crippen LogP contribution in [0.5, 0.6) is 0 Å². The molecule has 0 saturated carbocycles. The number of aromatic nitrogens is 3. The first-order valence-corrected chi connectivity index (χ1v) is 5.48. The van der Waals surface area contributed by atoms with Gasteiger partial charge in [-0.3, -0.25) is 0 Å². The molecule has 16 heavy (non-hydrogen) atoms. The Bertz CT molecular complexity index is 295. The molecule has 1 heterocycles. The van der Waals surface area contributed by atoms with Gasteiger partial charge in [0, 0.05) is 13.2 Å². The summed E-state index contributed by atoms with van der Waals surface area (Å²) in [4.78, 5) is 0. The number of hydrogen-bond donors (Lipinski definition) is 1. The summed E-state index contributed by atoms with van der Waals surface area (Å²) in [5.41, 5.74) is 0.629. The second kappa shape index (κ2) is 6.57. The minimum absolute atomic E-state index is 0.415. The fraction of sp³-hybridized carbons (Fsp3) is 0.800. The topological polar surface area (TPSA) is 69.4 Å². The van der Waals surface area contributed by atoms with Crippen LogP contribution < -0.4 is 0 Å².